The second-order valence-corrected chi connectivity index (χ2v) is 4.31. The molecule has 0 saturated carbocycles. The molecule has 19 heavy (non-hydrogen) atoms. The van der Waals surface area contributed by atoms with Crippen LogP contribution in [0.3, 0.4) is 0 Å². The maximum Gasteiger partial charge on any atom is 0.287 e. The summed E-state index contributed by atoms with van der Waals surface area (Å²) in [5.41, 5.74) is 0. The number of methoxy groups -OCH3 is 1. The molecule has 0 spiro atoms. The van der Waals surface area contributed by atoms with E-state index in [-0.39, 0.29) is 11.7 Å². The van der Waals surface area contributed by atoms with Gasteiger partial charge in [-0.3, -0.25) is 9.48 Å². The van der Waals surface area contributed by atoms with Crippen LogP contribution in [-0.4, -0.2) is 35.9 Å². The largest absolute Gasteiger partial charge is 0.454 e. The van der Waals surface area contributed by atoms with Gasteiger partial charge in [0, 0.05) is 19.9 Å². The molecule has 0 atom stereocenters. The highest BCUT2D eigenvalue weighted by molar-refractivity contribution is 6.30. The molecular formula is C12H14ClN3O3. The Kier molecular flexibility index (Phi) is 4.59. The fraction of sp³-hybridized carbons (Fsp3) is 0.333. The zero-order valence-electron chi connectivity index (χ0n) is 10.4. The van der Waals surface area contributed by atoms with Crippen molar-refractivity contribution in [2.45, 2.75) is 6.54 Å². The van der Waals surface area contributed by atoms with Crippen molar-refractivity contribution in [3.8, 4) is 0 Å². The maximum atomic E-state index is 11.7. The summed E-state index contributed by atoms with van der Waals surface area (Å²) in [7, 11) is 1.58. The van der Waals surface area contributed by atoms with Crippen LogP contribution in [0.1, 0.15) is 16.3 Å². The van der Waals surface area contributed by atoms with Crippen molar-refractivity contribution in [2.75, 3.05) is 20.3 Å². The topological polar surface area (TPSA) is 69.3 Å². The number of hydrogen-bond donors (Lipinski definition) is 1. The van der Waals surface area contributed by atoms with Crippen LogP contribution in [0.15, 0.2) is 28.9 Å². The number of ether oxygens (including phenoxy) is 1. The maximum absolute atomic E-state index is 11.7. The standard InChI is InChI=1S/C12H14ClN3O3/c1-18-5-4-14-12(17)11-3-2-10(19-11)8-16-7-9(13)6-15-16/h2-3,6-7H,4-5,8H2,1H3,(H,14,17). The van der Waals surface area contributed by atoms with Gasteiger partial charge in [-0.15, -0.1) is 0 Å². The Morgan fingerprint density at radius 1 is 1.58 bits per heavy atom. The fourth-order valence-corrected chi connectivity index (χ4v) is 1.68. The van der Waals surface area contributed by atoms with Crippen LogP contribution < -0.4 is 5.32 Å². The minimum Gasteiger partial charge on any atom is -0.454 e. The molecular weight excluding hydrogens is 270 g/mol. The van der Waals surface area contributed by atoms with Gasteiger partial charge in [0.15, 0.2) is 5.76 Å². The highest BCUT2D eigenvalue weighted by Crippen LogP contribution is 2.11. The molecule has 0 bridgehead atoms. The first-order valence-corrected chi connectivity index (χ1v) is 6.10. The van der Waals surface area contributed by atoms with E-state index in [1.807, 2.05) is 0 Å². The summed E-state index contributed by atoms with van der Waals surface area (Å²) >= 11 is 5.76. The zero-order valence-corrected chi connectivity index (χ0v) is 11.2. The van der Waals surface area contributed by atoms with E-state index in [0.717, 1.165) is 0 Å². The Morgan fingerprint density at radius 2 is 2.42 bits per heavy atom. The second kappa shape index (κ2) is 6.40. The van der Waals surface area contributed by atoms with Gasteiger partial charge in [-0.1, -0.05) is 11.6 Å². The van der Waals surface area contributed by atoms with Crippen LogP contribution >= 0.6 is 11.6 Å². The number of aromatic nitrogens is 2. The second-order valence-electron chi connectivity index (χ2n) is 3.87. The van der Waals surface area contributed by atoms with Gasteiger partial charge in [0.2, 0.25) is 0 Å². The average Bonchev–Trinajstić information content (AvgIpc) is 3.00. The third-order valence-electron chi connectivity index (χ3n) is 2.40. The first-order chi connectivity index (χ1) is 9.19. The molecule has 2 aromatic rings. The molecule has 0 fully saturated rings. The van der Waals surface area contributed by atoms with Crippen molar-refractivity contribution in [3.63, 3.8) is 0 Å². The molecule has 0 radical (unpaired) electrons. The summed E-state index contributed by atoms with van der Waals surface area (Å²) in [5.74, 6) is 0.641. The van der Waals surface area contributed by atoms with E-state index in [9.17, 15) is 4.79 Å². The SMILES string of the molecule is COCCNC(=O)c1ccc(Cn2cc(Cl)cn2)o1. The van der Waals surface area contributed by atoms with Crippen molar-refractivity contribution in [3.05, 3.63) is 41.1 Å². The summed E-state index contributed by atoms with van der Waals surface area (Å²) in [6.07, 6.45) is 3.23. The number of carbonyl (C=O) groups excluding carboxylic acids is 1. The zero-order chi connectivity index (χ0) is 13.7. The monoisotopic (exact) mass is 283 g/mol. The fourth-order valence-electron chi connectivity index (χ4n) is 1.52. The van der Waals surface area contributed by atoms with Crippen LogP contribution in [0, 0.1) is 0 Å². The molecule has 102 valence electrons. The Morgan fingerprint density at radius 3 is 3.11 bits per heavy atom. The average molecular weight is 284 g/mol. The van der Waals surface area contributed by atoms with Crippen LogP contribution in [-0.2, 0) is 11.3 Å². The summed E-state index contributed by atoms with van der Waals surface area (Å²) in [5, 5.41) is 7.27. The van der Waals surface area contributed by atoms with E-state index in [0.29, 0.717) is 30.5 Å². The first kappa shape index (κ1) is 13.6. The molecule has 6 nitrogen and oxygen atoms in total. The lowest BCUT2D eigenvalue weighted by atomic mass is 10.4. The van der Waals surface area contributed by atoms with Crippen molar-refractivity contribution in [1.29, 1.82) is 0 Å². The molecule has 0 aliphatic rings. The first-order valence-electron chi connectivity index (χ1n) is 5.73. The van der Waals surface area contributed by atoms with Gasteiger partial charge < -0.3 is 14.5 Å². The molecule has 0 aliphatic carbocycles. The molecule has 0 aliphatic heterocycles. The van der Waals surface area contributed by atoms with Gasteiger partial charge in [0.25, 0.3) is 5.91 Å². The van der Waals surface area contributed by atoms with Crippen molar-refractivity contribution in [1.82, 2.24) is 15.1 Å². The molecule has 1 N–H and O–H groups in total. The van der Waals surface area contributed by atoms with E-state index in [2.05, 4.69) is 10.4 Å². The number of carbonyl (C=O) groups is 1. The lowest BCUT2D eigenvalue weighted by Crippen LogP contribution is -2.26. The molecule has 2 heterocycles. The predicted octanol–water partition coefficient (Wildman–Crippen LogP) is 1.55. The van der Waals surface area contributed by atoms with Crippen LogP contribution in [0.4, 0.5) is 0 Å². The minimum atomic E-state index is -0.262. The van der Waals surface area contributed by atoms with Crippen molar-refractivity contribution >= 4 is 17.5 Å². The van der Waals surface area contributed by atoms with E-state index >= 15 is 0 Å². The quantitative estimate of drug-likeness (QED) is 0.817. The van der Waals surface area contributed by atoms with Crippen molar-refractivity contribution in [2.24, 2.45) is 0 Å². The van der Waals surface area contributed by atoms with Gasteiger partial charge in [0.05, 0.1) is 24.4 Å². The molecule has 0 aromatic carbocycles. The number of hydrogen-bond acceptors (Lipinski definition) is 4. The third kappa shape index (κ3) is 3.84. The normalized spacial score (nSPS) is 10.6. The lowest BCUT2D eigenvalue weighted by Gasteiger charge is -2.01. The number of rotatable bonds is 6. The Labute approximate surface area is 115 Å². The predicted molar refractivity (Wildman–Crippen MR) is 69.3 cm³/mol. The Hall–Kier alpha value is -1.79. The van der Waals surface area contributed by atoms with Gasteiger partial charge >= 0.3 is 0 Å². The Bertz CT molecular complexity index is 550. The number of nitrogens with zero attached hydrogens (tertiary/aromatic N) is 2. The van der Waals surface area contributed by atoms with Gasteiger partial charge in [-0.2, -0.15) is 5.10 Å². The number of amides is 1. The number of nitrogens with one attached hydrogen (secondary N) is 1. The van der Waals surface area contributed by atoms with Gasteiger partial charge in [0.1, 0.15) is 5.76 Å². The van der Waals surface area contributed by atoms with Crippen LogP contribution in [0.2, 0.25) is 5.02 Å². The van der Waals surface area contributed by atoms with Crippen LogP contribution in [0.5, 0.6) is 0 Å². The number of halogens is 1. The highest BCUT2D eigenvalue weighted by Gasteiger charge is 2.11. The van der Waals surface area contributed by atoms with Crippen LogP contribution in [0.25, 0.3) is 0 Å². The van der Waals surface area contributed by atoms with E-state index < -0.39 is 0 Å². The summed E-state index contributed by atoms with van der Waals surface area (Å²) in [4.78, 5) is 11.7. The molecule has 0 unspecified atom stereocenters. The summed E-state index contributed by atoms with van der Waals surface area (Å²) in [6, 6.07) is 3.36. The molecule has 0 saturated heterocycles. The van der Waals surface area contributed by atoms with Gasteiger partial charge in [-0.25, -0.2) is 0 Å². The highest BCUT2D eigenvalue weighted by atomic mass is 35.5. The van der Waals surface area contributed by atoms with Gasteiger partial charge in [-0.05, 0) is 12.1 Å². The van der Waals surface area contributed by atoms with E-state index in [4.69, 9.17) is 20.8 Å². The number of furan rings is 1. The summed E-state index contributed by atoms with van der Waals surface area (Å²) in [6.45, 7) is 1.34. The van der Waals surface area contributed by atoms with Crippen molar-refractivity contribution < 1.29 is 13.9 Å². The third-order valence-corrected chi connectivity index (χ3v) is 2.59. The molecule has 2 aromatic heterocycles. The lowest BCUT2D eigenvalue weighted by molar-refractivity contribution is 0.0907. The molecule has 1 amide bonds. The smallest absolute Gasteiger partial charge is 0.287 e. The van der Waals surface area contributed by atoms with E-state index in [1.165, 1.54) is 0 Å². The molecule has 2 rings (SSSR count). The molecule has 7 heteroatoms. The minimum absolute atomic E-state index is 0.262. The van der Waals surface area contributed by atoms with E-state index in [1.54, 1.807) is 36.3 Å². The Balaban J connectivity index is 1.93. The summed E-state index contributed by atoms with van der Waals surface area (Å²) < 4.78 is 11.9.